The molecule has 2 amide bonds. The number of para-hydroxylation sites is 1. The van der Waals surface area contributed by atoms with Gasteiger partial charge in [-0.2, -0.15) is 0 Å². The molecule has 1 saturated carbocycles. The number of hydrogen-bond donors (Lipinski definition) is 3. The SMILES string of the molecule is Cc1cccc(C)c1NC(=O)NC(N)=NC1CCCCC1.Cl. The van der Waals surface area contributed by atoms with Crippen LogP contribution in [0.25, 0.3) is 0 Å². The van der Waals surface area contributed by atoms with E-state index in [0.29, 0.717) is 0 Å². The molecule has 4 N–H and O–H groups in total. The molecule has 0 heterocycles. The number of benzene rings is 1. The summed E-state index contributed by atoms with van der Waals surface area (Å²) < 4.78 is 0. The lowest BCUT2D eigenvalue weighted by Crippen LogP contribution is -2.40. The average molecular weight is 325 g/mol. The summed E-state index contributed by atoms with van der Waals surface area (Å²) in [6.45, 7) is 3.92. The first-order valence-electron chi connectivity index (χ1n) is 7.54. The van der Waals surface area contributed by atoms with E-state index >= 15 is 0 Å². The van der Waals surface area contributed by atoms with Gasteiger partial charge in [0.25, 0.3) is 0 Å². The lowest BCUT2D eigenvalue weighted by atomic mass is 9.96. The minimum atomic E-state index is -0.343. The Morgan fingerprint density at radius 1 is 1.18 bits per heavy atom. The summed E-state index contributed by atoms with van der Waals surface area (Å²) in [5.74, 6) is 0.200. The number of rotatable bonds is 2. The number of anilines is 1. The highest BCUT2D eigenvalue weighted by molar-refractivity contribution is 6.02. The van der Waals surface area contributed by atoms with Crippen LogP contribution in [0.1, 0.15) is 43.2 Å². The second kappa shape index (κ2) is 8.63. The minimum Gasteiger partial charge on any atom is -0.370 e. The summed E-state index contributed by atoms with van der Waals surface area (Å²) >= 11 is 0. The van der Waals surface area contributed by atoms with Crippen molar-refractivity contribution >= 4 is 30.1 Å². The van der Waals surface area contributed by atoms with E-state index in [1.165, 1.54) is 19.3 Å². The number of hydrogen-bond acceptors (Lipinski definition) is 2. The molecular formula is C16H25ClN4O. The zero-order valence-electron chi connectivity index (χ0n) is 13.2. The van der Waals surface area contributed by atoms with Crippen molar-refractivity contribution in [3.63, 3.8) is 0 Å². The molecule has 1 fully saturated rings. The topological polar surface area (TPSA) is 79.5 Å². The van der Waals surface area contributed by atoms with Crippen LogP contribution >= 0.6 is 12.4 Å². The Morgan fingerprint density at radius 2 is 1.77 bits per heavy atom. The number of guanidine groups is 1. The number of nitrogens with two attached hydrogens (primary N) is 1. The van der Waals surface area contributed by atoms with Gasteiger partial charge < -0.3 is 11.1 Å². The molecule has 0 spiro atoms. The number of nitrogens with zero attached hydrogens (tertiary/aromatic N) is 1. The molecule has 1 aliphatic carbocycles. The van der Waals surface area contributed by atoms with Crippen molar-refractivity contribution in [3.8, 4) is 0 Å². The van der Waals surface area contributed by atoms with Crippen molar-refractivity contribution in [2.75, 3.05) is 5.32 Å². The van der Waals surface area contributed by atoms with E-state index in [-0.39, 0.29) is 30.4 Å². The quantitative estimate of drug-likeness (QED) is 0.575. The molecule has 2 rings (SSSR count). The third kappa shape index (κ3) is 5.22. The maximum absolute atomic E-state index is 12.0. The number of aliphatic imine (C=N–C) groups is 1. The van der Waals surface area contributed by atoms with Crippen molar-refractivity contribution in [1.82, 2.24) is 5.32 Å². The average Bonchev–Trinajstić information content (AvgIpc) is 2.44. The predicted molar refractivity (Wildman–Crippen MR) is 93.8 cm³/mol. The van der Waals surface area contributed by atoms with E-state index < -0.39 is 0 Å². The Bertz CT molecular complexity index is 519. The van der Waals surface area contributed by atoms with E-state index in [1.54, 1.807) is 0 Å². The van der Waals surface area contributed by atoms with Crippen LogP contribution in [0.4, 0.5) is 10.5 Å². The molecule has 122 valence electrons. The van der Waals surface area contributed by atoms with Gasteiger partial charge in [0.2, 0.25) is 0 Å². The maximum Gasteiger partial charge on any atom is 0.326 e. The van der Waals surface area contributed by atoms with Crippen molar-refractivity contribution in [2.45, 2.75) is 52.0 Å². The van der Waals surface area contributed by atoms with Crippen molar-refractivity contribution in [1.29, 1.82) is 0 Å². The van der Waals surface area contributed by atoms with Crippen LogP contribution in [0, 0.1) is 13.8 Å². The summed E-state index contributed by atoms with van der Waals surface area (Å²) in [4.78, 5) is 16.4. The molecule has 1 aromatic carbocycles. The second-order valence-electron chi connectivity index (χ2n) is 5.65. The van der Waals surface area contributed by atoms with Gasteiger partial charge in [-0.25, -0.2) is 9.79 Å². The van der Waals surface area contributed by atoms with Crippen LogP contribution in [-0.2, 0) is 0 Å². The largest absolute Gasteiger partial charge is 0.370 e. The van der Waals surface area contributed by atoms with Gasteiger partial charge in [-0.15, -0.1) is 12.4 Å². The van der Waals surface area contributed by atoms with Crippen molar-refractivity contribution < 1.29 is 4.79 Å². The van der Waals surface area contributed by atoms with Crippen LogP contribution in [0.15, 0.2) is 23.2 Å². The fourth-order valence-corrected chi connectivity index (χ4v) is 2.71. The molecule has 0 saturated heterocycles. The number of carbonyl (C=O) groups is 1. The van der Waals surface area contributed by atoms with Gasteiger partial charge in [0.15, 0.2) is 5.96 Å². The molecule has 6 heteroatoms. The highest BCUT2D eigenvalue weighted by Crippen LogP contribution is 2.20. The van der Waals surface area contributed by atoms with Crippen molar-refractivity contribution in [3.05, 3.63) is 29.3 Å². The van der Waals surface area contributed by atoms with Gasteiger partial charge in [-0.3, -0.25) is 5.32 Å². The first kappa shape index (κ1) is 18.3. The summed E-state index contributed by atoms with van der Waals surface area (Å²) in [6.07, 6.45) is 5.76. The third-order valence-corrected chi connectivity index (χ3v) is 3.86. The van der Waals surface area contributed by atoms with Gasteiger partial charge >= 0.3 is 6.03 Å². The van der Waals surface area contributed by atoms with Crippen LogP contribution in [-0.4, -0.2) is 18.0 Å². The minimum absolute atomic E-state index is 0. The van der Waals surface area contributed by atoms with E-state index in [0.717, 1.165) is 29.7 Å². The monoisotopic (exact) mass is 324 g/mol. The first-order valence-corrected chi connectivity index (χ1v) is 7.54. The molecule has 0 aliphatic heterocycles. The van der Waals surface area contributed by atoms with Gasteiger partial charge in [-0.05, 0) is 37.8 Å². The molecule has 0 atom stereocenters. The first-order chi connectivity index (χ1) is 10.1. The van der Waals surface area contributed by atoms with Crippen molar-refractivity contribution in [2.24, 2.45) is 10.7 Å². The van der Waals surface area contributed by atoms with E-state index in [9.17, 15) is 4.79 Å². The summed E-state index contributed by atoms with van der Waals surface area (Å²) in [7, 11) is 0. The predicted octanol–water partition coefficient (Wildman–Crippen LogP) is 3.49. The second-order valence-corrected chi connectivity index (χ2v) is 5.65. The summed E-state index contributed by atoms with van der Waals surface area (Å²) in [6, 6.07) is 5.79. The molecule has 0 bridgehead atoms. The lowest BCUT2D eigenvalue weighted by Gasteiger charge is -2.18. The van der Waals surface area contributed by atoms with Crippen LogP contribution in [0.5, 0.6) is 0 Å². The zero-order chi connectivity index (χ0) is 15.2. The van der Waals surface area contributed by atoms with Gasteiger partial charge in [0.05, 0.1) is 6.04 Å². The normalized spacial score (nSPS) is 15.8. The number of aryl methyl sites for hydroxylation is 2. The van der Waals surface area contributed by atoms with Crippen LogP contribution in [0.2, 0.25) is 0 Å². The van der Waals surface area contributed by atoms with E-state index in [2.05, 4.69) is 15.6 Å². The number of halogens is 1. The van der Waals surface area contributed by atoms with E-state index in [4.69, 9.17) is 5.73 Å². The molecule has 5 nitrogen and oxygen atoms in total. The molecule has 1 aromatic rings. The van der Waals surface area contributed by atoms with Crippen LogP contribution in [0.3, 0.4) is 0 Å². The molecule has 0 aromatic heterocycles. The Labute approximate surface area is 138 Å². The molecule has 0 radical (unpaired) electrons. The molecular weight excluding hydrogens is 300 g/mol. The number of urea groups is 1. The highest BCUT2D eigenvalue weighted by atomic mass is 35.5. The summed E-state index contributed by atoms with van der Waals surface area (Å²) in [5.41, 5.74) is 8.68. The number of amides is 2. The Morgan fingerprint density at radius 3 is 2.36 bits per heavy atom. The zero-order valence-corrected chi connectivity index (χ0v) is 14.0. The Kier molecular flexibility index (Phi) is 7.18. The summed E-state index contributed by atoms with van der Waals surface area (Å²) in [5, 5.41) is 5.44. The maximum atomic E-state index is 12.0. The smallest absolute Gasteiger partial charge is 0.326 e. The fourth-order valence-electron chi connectivity index (χ4n) is 2.71. The standard InChI is InChI=1S/C16H24N4O.ClH/c1-11-7-6-8-12(2)14(11)19-16(21)20-15(17)18-13-9-4-3-5-10-13;/h6-8,13H,3-5,9-10H2,1-2H3,(H4,17,18,19,20,21);1H. The third-order valence-electron chi connectivity index (χ3n) is 3.86. The molecule has 0 unspecified atom stereocenters. The Hall–Kier alpha value is -1.75. The van der Waals surface area contributed by atoms with Crippen LogP contribution < -0.4 is 16.4 Å². The Balaban J connectivity index is 0.00000242. The number of nitrogens with one attached hydrogen (secondary N) is 2. The molecule has 1 aliphatic rings. The lowest BCUT2D eigenvalue weighted by molar-refractivity contribution is 0.256. The van der Waals surface area contributed by atoms with Gasteiger partial charge in [-0.1, -0.05) is 37.5 Å². The van der Waals surface area contributed by atoms with Gasteiger partial charge in [0.1, 0.15) is 0 Å². The van der Waals surface area contributed by atoms with Gasteiger partial charge in [0, 0.05) is 5.69 Å². The fraction of sp³-hybridized carbons (Fsp3) is 0.500. The number of carbonyl (C=O) groups excluding carboxylic acids is 1. The van der Waals surface area contributed by atoms with E-state index in [1.807, 2.05) is 32.0 Å². The highest BCUT2D eigenvalue weighted by Gasteiger charge is 2.13. The molecule has 22 heavy (non-hydrogen) atoms.